The fraction of sp³-hybridized carbons (Fsp3) is 1.00. The van der Waals surface area contributed by atoms with E-state index in [2.05, 4.69) is 13.8 Å². The highest BCUT2D eigenvalue weighted by Gasteiger charge is 2.05. The first-order chi connectivity index (χ1) is 10.8. The quantitative estimate of drug-likeness (QED) is 0.196. The van der Waals surface area contributed by atoms with Gasteiger partial charge in [0.25, 0.3) is 0 Å². The van der Waals surface area contributed by atoms with E-state index in [1.807, 2.05) is 0 Å². The Labute approximate surface area is 144 Å². The molecule has 0 saturated heterocycles. The standard InChI is InChI=1S/C20H42OS/c1-3-5-7-9-11-13-15-17-19-22(21)20-18-16-14-12-10-8-6-4-2/h3-20H2,1-2H3. The van der Waals surface area contributed by atoms with Gasteiger partial charge in [0.2, 0.25) is 0 Å². The maximum absolute atomic E-state index is 11.9. The summed E-state index contributed by atoms with van der Waals surface area (Å²) in [6, 6.07) is 0. The van der Waals surface area contributed by atoms with Gasteiger partial charge in [-0.15, -0.1) is 0 Å². The van der Waals surface area contributed by atoms with Crippen LogP contribution in [0.5, 0.6) is 0 Å². The summed E-state index contributed by atoms with van der Waals surface area (Å²) in [6.07, 6.45) is 21.4. The van der Waals surface area contributed by atoms with Gasteiger partial charge in [0.1, 0.15) is 11.5 Å². The van der Waals surface area contributed by atoms with Crippen LogP contribution in [0.2, 0.25) is 0 Å². The van der Waals surface area contributed by atoms with Crippen molar-refractivity contribution in [1.29, 1.82) is 0 Å². The topological polar surface area (TPSA) is 23.1 Å². The highest BCUT2D eigenvalue weighted by molar-refractivity contribution is 7.91. The number of unbranched alkanes of at least 4 members (excludes halogenated alkanes) is 14. The van der Waals surface area contributed by atoms with E-state index in [9.17, 15) is 4.55 Å². The Bertz CT molecular complexity index is 176. The van der Waals surface area contributed by atoms with Crippen LogP contribution in [0.3, 0.4) is 0 Å². The van der Waals surface area contributed by atoms with E-state index in [1.54, 1.807) is 0 Å². The van der Waals surface area contributed by atoms with E-state index in [4.69, 9.17) is 0 Å². The molecule has 0 aromatic carbocycles. The summed E-state index contributed by atoms with van der Waals surface area (Å²) in [5, 5.41) is 0. The van der Waals surface area contributed by atoms with E-state index in [-0.39, 0.29) is 0 Å². The third kappa shape index (κ3) is 18.4. The predicted molar refractivity (Wildman–Crippen MR) is 103 cm³/mol. The molecule has 0 aromatic heterocycles. The van der Waals surface area contributed by atoms with E-state index < -0.39 is 11.2 Å². The number of hydrogen-bond donors (Lipinski definition) is 0. The molecular weight excluding hydrogens is 288 g/mol. The van der Waals surface area contributed by atoms with Gasteiger partial charge in [0, 0.05) is 0 Å². The monoisotopic (exact) mass is 330 g/mol. The Hall–Kier alpha value is 0.310. The average Bonchev–Trinajstić information content (AvgIpc) is 2.52. The van der Waals surface area contributed by atoms with Crippen molar-refractivity contribution in [3.05, 3.63) is 0 Å². The Morgan fingerprint density at radius 3 is 1.05 bits per heavy atom. The maximum atomic E-state index is 11.9. The van der Waals surface area contributed by atoms with Crippen LogP contribution in [0.4, 0.5) is 0 Å². The van der Waals surface area contributed by atoms with Gasteiger partial charge in [0.05, 0.1) is 0 Å². The molecule has 0 rings (SSSR count). The second-order valence-corrected chi connectivity index (χ2v) is 8.49. The summed E-state index contributed by atoms with van der Waals surface area (Å²) in [5.74, 6) is 1.90. The second-order valence-electron chi connectivity index (χ2n) is 6.80. The molecule has 0 amide bonds. The van der Waals surface area contributed by atoms with Crippen LogP contribution >= 0.6 is 0 Å². The van der Waals surface area contributed by atoms with Crippen molar-refractivity contribution in [3.63, 3.8) is 0 Å². The second kappa shape index (κ2) is 19.4. The molecule has 1 nitrogen and oxygen atoms in total. The van der Waals surface area contributed by atoms with E-state index in [0.717, 1.165) is 11.5 Å². The van der Waals surface area contributed by atoms with E-state index >= 15 is 0 Å². The van der Waals surface area contributed by atoms with Crippen LogP contribution in [0.15, 0.2) is 0 Å². The van der Waals surface area contributed by atoms with Crippen LogP contribution < -0.4 is 0 Å². The molecule has 0 aliphatic rings. The van der Waals surface area contributed by atoms with Crippen LogP contribution in [-0.4, -0.2) is 16.1 Å². The van der Waals surface area contributed by atoms with Crippen molar-refractivity contribution in [2.45, 2.75) is 117 Å². The molecule has 0 spiro atoms. The van der Waals surface area contributed by atoms with Crippen molar-refractivity contribution in [3.8, 4) is 0 Å². The summed E-state index contributed by atoms with van der Waals surface area (Å²) in [7, 11) is 0. The molecule has 134 valence electrons. The highest BCUT2D eigenvalue weighted by Crippen LogP contribution is 2.11. The van der Waals surface area contributed by atoms with Gasteiger partial charge in [-0.1, -0.05) is 102 Å². The first-order valence-electron chi connectivity index (χ1n) is 10.2. The van der Waals surface area contributed by atoms with Gasteiger partial charge in [-0.3, -0.25) is 0 Å². The van der Waals surface area contributed by atoms with Crippen molar-refractivity contribution >= 4 is 11.2 Å². The van der Waals surface area contributed by atoms with Crippen LogP contribution in [0.1, 0.15) is 117 Å². The van der Waals surface area contributed by atoms with Gasteiger partial charge < -0.3 is 4.55 Å². The van der Waals surface area contributed by atoms with Gasteiger partial charge in [-0.2, -0.15) is 0 Å². The molecule has 0 bridgehead atoms. The smallest absolute Gasteiger partial charge is 0.105 e. The largest absolute Gasteiger partial charge is 0.616 e. The maximum Gasteiger partial charge on any atom is 0.105 e. The van der Waals surface area contributed by atoms with Crippen molar-refractivity contribution in [1.82, 2.24) is 0 Å². The molecule has 22 heavy (non-hydrogen) atoms. The minimum atomic E-state index is -0.541. The molecule has 0 fully saturated rings. The van der Waals surface area contributed by atoms with Crippen LogP contribution in [-0.2, 0) is 11.2 Å². The average molecular weight is 331 g/mol. The summed E-state index contributed by atoms with van der Waals surface area (Å²) in [4.78, 5) is 0. The summed E-state index contributed by atoms with van der Waals surface area (Å²) >= 11 is -0.541. The SMILES string of the molecule is CCCCCCCCCC[S+]([O-])CCCCCCCCCC. The van der Waals surface area contributed by atoms with Crippen LogP contribution in [0, 0.1) is 0 Å². The zero-order valence-electron chi connectivity index (χ0n) is 15.5. The predicted octanol–water partition coefficient (Wildman–Crippen LogP) is 7.02. The Morgan fingerprint density at radius 1 is 0.455 bits per heavy atom. The van der Waals surface area contributed by atoms with Gasteiger partial charge in [0.15, 0.2) is 0 Å². The fourth-order valence-electron chi connectivity index (χ4n) is 2.90. The molecule has 0 aromatic rings. The zero-order valence-corrected chi connectivity index (χ0v) is 16.4. The van der Waals surface area contributed by atoms with Gasteiger partial charge in [-0.25, -0.2) is 0 Å². The Kier molecular flexibility index (Phi) is 19.6. The molecule has 0 aliphatic heterocycles. The minimum absolute atomic E-state index is 0.541. The van der Waals surface area contributed by atoms with Crippen molar-refractivity contribution in [2.75, 3.05) is 11.5 Å². The first-order valence-corrected chi connectivity index (χ1v) is 11.6. The lowest BCUT2D eigenvalue weighted by molar-refractivity contribution is 0.563. The fourth-order valence-corrected chi connectivity index (χ4v) is 4.15. The summed E-state index contributed by atoms with van der Waals surface area (Å²) < 4.78 is 11.9. The first kappa shape index (κ1) is 22.3. The third-order valence-electron chi connectivity index (χ3n) is 4.45. The van der Waals surface area contributed by atoms with E-state index in [1.165, 1.54) is 103 Å². The highest BCUT2D eigenvalue weighted by atomic mass is 32.2. The lowest BCUT2D eigenvalue weighted by atomic mass is 10.1. The Balaban J connectivity index is 3.11. The lowest BCUT2D eigenvalue weighted by Gasteiger charge is -2.10. The molecule has 0 saturated carbocycles. The van der Waals surface area contributed by atoms with Crippen LogP contribution in [0.25, 0.3) is 0 Å². The molecule has 0 aliphatic carbocycles. The molecule has 0 N–H and O–H groups in total. The minimum Gasteiger partial charge on any atom is -0.616 e. The molecule has 0 radical (unpaired) electrons. The van der Waals surface area contributed by atoms with Crippen molar-refractivity contribution in [2.24, 2.45) is 0 Å². The zero-order chi connectivity index (χ0) is 16.3. The molecule has 0 unspecified atom stereocenters. The Morgan fingerprint density at radius 2 is 0.727 bits per heavy atom. The molecule has 0 atom stereocenters. The molecule has 2 heteroatoms. The number of rotatable bonds is 18. The number of hydrogen-bond acceptors (Lipinski definition) is 1. The normalized spacial score (nSPS) is 11.5. The summed E-state index contributed by atoms with van der Waals surface area (Å²) in [5.41, 5.74) is 0. The lowest BCUT2D eigenvalue weighted by Crippen LogP contribution is -2.11. The van der Waals surface area contributed by atoms with Gasteiger partial charge in [-0.05, 0) is 25.7 Å². The van der Waals surface area contributed by atoms with Gasteiger partial charge >= 0.3 is 0 Å². The third-order valence-corrected chi connectivity index (χ3v) is 5.94. The van der Waals surface area contributed by atoms with E-state index in [0.29, 0.717) is 0 Å². The summed E-state index contributed by atoms with van der Waals surface area (Å²) in [6.45, 7) is 4.53. The molecule has 0 heterocycles. The van der Waals surface area contributed by atoms with Crippen molar-refractivity contribution < 1.29 is 4.55 Å². The molecular formula is C20H42OS.